The molecule has 1 saturated carbocycles. The van der Waals surface area contributed by atoms with Gasteiger partial charge >= 0.3 is 5.97 Å². The molecular formula is C14H12BrNO4. The van der Waals surface area contributed by atoms with Crippen molar-refractivity contribution < 1.29 is 19.1 Å². The maximum absolute atomic E-state index is 12.2. The van der Waals surface area contributed by atoms with E-state index in [2.05, 4.69) is 21.2 Å². The summed E-state index contributed by atoms with van der Waals surface area (Å²) in [5, 5.41) is 2.30. The Balaban J connectivity index is 2.04. The Kier molecular flexibility index (Phi) is 2.93. The van der Waals surface area contributed by atoms with E-state index in [0.717, 1.165) is 4.47 Å². The Hall–Kier alpha value is -1.69. The fourth-order valence-electron chi connectivity index (χ4n) is 3.09. The molecule has 1 aliphatic carbocycles. The van der Waals surface area contributed by atoms with E-state index in [-0.39, 0.29) is 6.61 Å². The van der Waals surface area contributed by atoms with Crippen molar-refractivity contribution >= 4 is 33.7 Å². The van der Waals surface area contributed by atoms with Crippen LogP contribution in [0.15, 0.2) is 28.7 Å². The van der Waals surface area contributed by atoms with Gasteiger partial charge in [-0.05, 0) is 24.6 Å². The maximum Gasteiger partial charge on any atom is 0.311 e. The van der Waals surface area contributed by atoms with Gasteiger partial charge in [0.05, 0.1) is 18.4 Å². The molecule has 104 valence electrons. The fourth-order valence-corrected chi connectivity index (χ4v) is 3.36. The number of piperidine rings is 1. The second-order valence-corrected chi connectivity index (χ2v) is 5.82. The topological polar surface area (TPSA) is 72.5 Å². The van der Waals surface area contributed by atoms with Crippen molar-refractivity contribution in [2.75, 3.05) is 6.61 Å². The Labute approximate surface area is 123 Å². The molecule has 20 heavy (non-hydrogen) atoms. The minimum absolute atomic E-state index is 0.230. The molecule has 2 fully saturated rings. The zero-order valence-electron chi connectivity index (χ0n) is 10.7. The van der Waals surface area contributed by atoms with Gasteiger partial charge in [0.2, 0.25) is 11.8 Å². The molecule has 0 aromatic heterocycles. The van der Waals surface area contributed by atoms with Crippen molar-refractivity contribution in [3.63, 3.8) is 0 Å². The van der Waals surface area contributed by atoms with Gasteiger partial charge in [0.1, 0.15) is 5.41 Å². The largest absolute Gasteiger partial charge is 0.466 e. The van der Waals surface area contributed by atoms with Crippen molar-refractivity contribution in [2.24, 2.45) is 11.8 Å². The summed E-state index contributed by atoms with van der Waals surface area (Å²) in [4.78, 5) is 36.0. The van der Waals surface area contributed by atoms with Gasteiger partial charge in [-0.25, -0.2) is 0 Å². The summed E-state index contributed by atoms with van der Waals surface area (Å²) >= 11 is 3.32. The van der Waals surface area contributed by atoms with Gasteiger partial charge in [0.15, 0.2) is 0 Å². The van der Waals surface area contributed by atoms with Gasteiger partial charge in [0, 0.05) is 4.47 Å². The lowest BCUT2D eigenvalue weighted by atomic mass is 9.92. The van der Waals surface area contributed by atoms with Gasteiger partial charge in [-0.3, -0.25) is 19.7 Å². The highest BCUT2D eigenvalue weighted by molar-refractivity contribution is 9.10. The number of hydrogen-bond donors (Lipinski definition) is 1. The molecule has 3 unspecified atom stereocenters. The number of amides is 2. The number of carbonyl (C=O) groups is 3. The van der Waals surface area contributed by atoms with Crippen molar-refractivity contribution in [2.45, 2.75) is 12.3 Å². The summed E-state index contributed by atoms with van der Waals surface area (Å²) in [5.41, 5.74) is -0.406. The molecule has 0 radical (unpaired) electrons. The molecule has 3 atom stereocenters. The summed E-state index contributed by atoms with van der Waals surface area (Å²) in [6.07, 6.45) is 0. The molecule has 5 nitrogen and oxygen atoms in total. The number of carbonyl (C=O) groups excluding carboxylic acids is 3. The third-order valence-electron chi connectivity index (χ3n) is 3.96. The summed E-state index contributed by atoms with van der Waals surface area (Å²) in [6.45, 7) is 1.93. The van der Waals surface area contributed by atoms with Gasteiger partial charge in [-0.1, -0.05) is 28.1 Å². The quantitative estimate of drug-likeness (QED) is 0.663. The number of halogens is 1. The molecule has 6 heteroatoms. The van der Waals surface area contributed by atoms with Crippen LogP contribution in [-0.2, 0) is 24.5 Å². The van der Waals surface area contributed by atoms with Crippen LogP contribution in [0.1, 0.15) is 12.5 Å². The third-order valence-corrected chi connectivity index (χ3v) is 4.49. The molecule has 1 aromatic carbocycles. The molecular weight excluding hydrogens is 326 g/mol. The molecule has 2 aliphatic rings. The Morgan fingerprint density at radius 1 is 1.35 bits per heavy atom. The molecule has 0 bridgehead atoms. The van der Waals surface area contributed by atoms with Crippen molar-refractivity contribution in [1.29, 1.82) is 0 Å². The minimum Gasteiger partial charge on any atom is -0.466 e. The first-order chi connectivity index (χ1) is 9.53. The summed E-state index contributed by atoms with van der Waals surface area (Å²) in [7, 11) is 0. The molecule has 3 rings (SSSR count). The van der Waals surface area contributed by atoms with Crippen LogP contribution in [0.2, 0.25) is 0 Å². The third kappa shape index (κ3) is 1.57. The second kappa shape index (κ2) is 4.41. The van der Waals surface area contributed by atoms with Gasteiger partial charge in [0.25, 0.3) is 0 Å². The first-order valence-electron chi connectivity index (χ1n) is 6.31. The van der Waals surface area contributed by atoms with E-state index < -0.39 is 35.0 Å². The molecule has 1 saturated heterocycles. The number of imide groups is 1. The second-order valence-electron chi connectivity index (χ2n) is 4.90. The van der Waals surface area contributed by atoms with E-state index in [0.29, 0.717) is 5.56 Å². The van der Waals surface area contributed by atoms with Crippen molar-refractivity contribution in [3.05, 3.63) is 34.3 Å². The lowest BCUT2D eigenvalue weighted by molar-refractivity contribution is -0.148. The van der Waals surface area contributed by atoms with Crippen LogP contribution in [0.4, 0.5) is 0 Å². The van der Waals surface area contributed by atoms with Gasteiger partial charge in [-0.2, -0.15) is 0 Å². The number of esters is 1. The number of benzene rings is 1. The molecule has 1 N–H and O–H groups in total. The van der Waals surface area contributed by atoms with Crippen LogP contribution in [-0.4, -0.2) is 24.4 Å². The summed E-state index contributed by atoms with van der Waals surface area (Å²) in [5.74, 6) is -2.63. The Bertz CT molecular complexity index is 612. The van der Waals surface area contributed by atoms with Crippen LogP contribution in [0, 0.1) is 11.8 Å². The van der Waals surface area contributed by atoms with E-state index in [1.165, 1.54) is 0 Å². The highest BCUT2D eigenvalue weighted by Crippen LogP contribution is 2.63. The predicted molar refractivity (Wildman–Crippen MR) is 72.6 cm³/mol. The molecule has 0 spiro atoms. The lowest BCUT2D eigenvalue weighted by Gasteiger charge is -2.13. The molecule has 1 heterocycles. The van der Waals surface area contributed by atoms with E-state index in [9.17, 15) is 14.4 Å². The monoisotopic (exact) mass is 337 g/mol. The molecule has 2 amide bonds. The first-order valence-corrected chi connectivity index (χ1v) is 7.10. The Morgan fingerprint density at radius 2 is 2.00 bits per heavy atom. The standard InChI is InChI=1S/C14H12BrNO4/c1-2-20-12(18)10-9-11(17)16-13(19)14(9,10)7-3-5-8(15)6-4-7/h3-6,9-10H,2H2,1H3,(H,16,17,19). The van der Waals surface area contributed by atoms with E-state index >= 15 is 0 Å². The van der Waals surface area contributed by atoms with Gasteiger partial charge < -0.3 is 4.74 Å². The number of rotatable bonds is 3. The average molecular weight is 338 g/mol. The first kappa shape index (κ1) is 13.3. The van der Waals surface area contributed by atoms with E-state index in [1.54, 1.807) is 31.2 Å². The number of nitrogens with one attached hydrogen (secondary N) is 1. The maximum atomic E-state index is 12.2. The number of hydrogen-bond acceptors (Lipinski definition) is 4. The van der Waals surface area contributed by atoms with Crippen molar-refractivity contribution in [1.82, 2.24) is 5.32 Å². The molecule has 1 aromatic rings. The van der Waals surface area contributed by atoms with Crippen LogP contribution < -0.4 is 5.32 Å². The fraction of sp³-hybridized carbons (Fsp3) is 0.357. The summed E-state index contributed by atoms with van der Waals surface area (Å²) in [6, 6.07) is 7.10. The minimum atomic E-state index is -1.08. The van der Waals surface area contributed by atoms with Crippen LogP contribution in [0.5, 0.6) is 0 Å². The van der Waals surface area contributed by atoms with Crippen LogP contribution >= 0.6 is 15.9 Å². The smallest absolute Gasteiger partial charge is 0.311 e. The predicted octanol–water partition coefficient (Wildman–Crippen LogP) is 1.15. The number of fused-ring (bicyclic) bond motifs is 1. The van der Waals surface area contributed by atoms with Crippen molar-refractivity contribution in [3.8, 4) is 0 Å². The zero-order chi connectivity index (χ0) is 14.5. The summed E-state index contributed by atoms with van der Waals surface area (Å²) < 4.78 is 5.86. The Morgan fingerprint density at radius 3 is 2.60 bits per heavy atom. The zero-order valence-corrected chi connectivity index (χ0v) is 12.3. The average Bonchev–Trinajstić information content (AvgIpc) is 3.04. The SMILES string of the molecule is CCOC(=O)C1C2C(=O)NC(=O)C21c1ccc(Br)cc1. The van der Waals surface area contributed by atoms with E-state index in [4.69, 9.17) is 4.74 Å². The highest BCUT2D eigenvalue weighted by atomic mass is 79.9. The molecule has 1 aliphatic heterocycles. The van der Waals surface area contributed by atoms with Gasteiger partial charge in [-0.15, -0.1) is 0 Å². The number of ether oxygens (including phenoxy) is 1. The lowest BCUT2D eigenvalue weighted by Crippen LogP contribution is -2.36. The van der Waals surface area contributed by atoms with Crippen LogP contribution in [0.3, 0.4) is 0 Å². The normalized spacial score (nSPS) is 30.7. The van der Waals surface area contributed by atoms with E-state index in [1.807, 2.05) is 0 Å². The highest BCUT2D eigenvalue weighted by Gasteiger charge is 2.80. The van der Waals surface area contributed by atoms with Crippen LogP contribution in [0.25, 0.3) is 0 Å².